The van der Waals surface area contributed by atoms with Gasteiger partial charge in [0.2, 0.25) is 0 Å². The van der Waals surface area contributed by atoms with Crippen LogP contribution in [-0.2, 0) is 15.8 Å². The fraction of sp³-hybridized carbons (Fsp3) is 0.0833. The number of carbonyl (C=O) groups excluding carboxylic acids is 3. The third kappa shape index (κ3) is 6.28. The third-order valence-corrected chi connectivity index (χ3v) is 4.57. The van der Waals surface area contributed by atoms with Gasteiger partial charge in [0.1, 0.15) is 0 Å². The van der Waals surface area contributed by atoms with Crippen LogP contribution in [0.5, 0.6) is 0 Å². The first-order valence-corrected chi connectivity index (χ1v) is 9.93. The summed E-state index contributed by atoms with van der Waals surface area (Å²) in [5.74, 6) is -2.90. The molecule has 0 bridgehead atoms. The van der Waals surface area contributed by atoms with Gasteiger partial charge in [0, 0.05) is 11.3 Å². The van der Waals surface area contributed by atoms with E-state index in [-0.39, 0.29) is 16.8 Å². The lowest BCUT2D eigenvalue weighted by molar-refractivity contribution is -0.137. The average Bonchev–Trinajstić information content (AvgIpc) is 2.80. The minimum Gasteiger partial charge on any atom is -0.322 e. The SMILES string of the molecule is Cc1ccc(NC(=O)c2ccccc2NC(=O)C(=O)N/N=C/c2ccccc2C(F)(F)F)cc1. The average molecular weight is 468 g/mol. The van der Waals surface area contributed by atoms with E-state index in [2.05, 4.69) is 15.7 Å². The van der Waals surface area contributed by atoms with Crippen LogP contribution in [0.3, 0.4) is 0 Å². The number of alkyl halides is 3. The van der Waals surface area contributed by atoms with Gasteiger partial charge in [0.05, 0.1) is 23.0 Å². The molecule has 174 valence electrons. The summed E-state index contributed by atoms with van der Waals surface area (Å²) in [5, 5.41) is 8.43. The lowest BCUT2D eigenvalue weighted by Crippen LogP contribution is -2.33. The molecule has 0 fully saturated rings. The second-order valence-electron chi connectivity index (χ2n) is 7.10. The Bertz CT molecular complexity index is 1240. The molecule has 0 saturated heterocycles. The van der Waals surface area contributed by atoms with Crippen molar-refractivity contribution in [2.75, 3.05) is 10.6 Å². The molecule has 3 aromatic carbocycles. The first-order valence-electron chi connectivity index (χ1n) is 9.93. The Morgan fingerprint density at radius 1 is 0.824 bits per heavy atom. The molecule has 3 aromatic rings. The van der Waals surface area contributed by atoms with Crippen molar-refractivity contribution in [2.24, 2.45) is 5.10 Å². The normalized spacial score (nSPS) is 11.2. The van der Waals surface area contributed by atoms with Crippen LogP contribution in [0, 0.1) is 6.92 Å². The zero-order valence-corrected chi connectivity index (χ0v) is 17.8. The Morgan fingerprint density at radius 3 is 2.18 bits per heavy atom. The molecule has 0 saturated carbocycles. The van der Waals surface area contributed by atoms with E-state index in [4.69, 9.17) is 0 Å². The number of amides is 3. The highest BCUT2D eigenvalue weighted by Crippen LogP contribution is 2.31. The lowest BCUT2D eigenvalue weighted by Gasteiger charge is -2.11. The fourth-order valence-corrected chi connectivity index (χ4v) is 2.88. The third-order valence-electron chi connectivity index (χ3n) is 4.57. The Hall–Kier alpha value is -4.47. The molecule has 3 amide bonds. The fourth-order valence-electron chi connectivity index (χ4n) is 2.88. The minimum atomic E-state index is -4.60. The number of aryl methyl sites for hydroxylation is 1. The summed E-state index contributed by atoms with van der Waals surface area (Å²) in [4.78, 5) is 36.9. The van der Waals surface area contributed by atoms with Gasteiger partial charge in [0.15, 0.2) is 0 Å². The van der Waals surface area contributed by atoms with Gasteiger partial charge in [0.25, 0.3) is 5.91 Å². The smallest absolute Gasteiger partial charge is 0.322 e. The van der Waals surface area contributed by atoms with Crippen LogP contribution in [0.25, 0.3) is 0 Å². The molecule has 0 heterocycles. The number of halogens is 3. The summed E-state index contributed by atoms with van der Waals surface area (Å²) >= 11 is 0. The highest BCUT2D eigenvalue weighted by atomic mass is 19.4. The van der Waals surface area contributed by atoms with Crippen LogP contribution in [0.1, 0.15) is 27.0 Å². The summed E-state index contributed by atoms with van der Waals surface area (Å²) < 4.78 is 39.1. The largest absolute Gasteiger partial charge is 0.417 e. The van der Waals surface area contributed by atoms with Crippen molar-refractivity contribution in [1.82, 2.24) is 5.43 Å². The van der Waals surface area contributed by atoms with Crippen molar-refractivity contribution >= 4 is 35.3 Å². The number of nitrogens with one attached hydrogen (secondary N) is 3. The molecule has 0 aliphatic carbocycles. The summed E-state index contributed by atoms with van der Waals surface area (Å²) in [6, 6.07) is 17.8. The molecule has 0 aliphatic rings. The molecule has 0 unspecified atom stereocenters. The molecule has 0 aliphatic heterocycles. The van der Waals surface area contributed by atoms with E-state index >= 15 is 0 Å². The highest BCUT2D eigenvalue weighted by molar-refractivity contribution is 6.40. The van der Waals surface area contributed by atoms with Gasteiger partial charge in [-0.3, -0.25) is 14.4 Å². The van der Waals surface area contributed by atoms with E-state index in [0.29, 0.717) is 5.69 Å². The predicted octanol–water partition coefficient (Wildman–Crippen LogP) is 4.35. The maximum Gasteiger partial charge on any atom is 0.417 e. The summed E-state index contributed by atoms with van der Waals surface area (Å²) in [7, 11) is 0. The number of rotatable bonds is 5. The molecule has 10 heteroatoms. The van der Waals surface area contributed by atoms with Crippen molar-refractivity contribution in [3.8, 4) is 0 Å². The van der Waals surface area contributed by atoms with E-state index in [9.17, 15) is 27.6 Å². The number of hydrazone groups is 1. The van der Waals surface area contributed by atoms with Gasteiger partial charge >= 0.3 is 18.0 Å². The molecule has 3 rings (SSSR count). The number of para-hydroxylation sites is 1. The zero-order chi connectivity index (χ0) is 24.7. The van der Waals surface area contributed by atoms with Crippen LogP contribution in [0.15, 0.2) is 77.9 Å². The Morgan fingerprint density at radius 2 is 1.47 bits per heavy atom. The monoisotopic (exact) mass is 468 g/mol. The number of anilines is 2. The van der Waals surface area contributed by atoms with Gasteiger partial charge < -0.3 is 10.6 Å². The minimum absolute atomic E-state index is 0.0682. The molecule has 0 radical (unpaired) electrons. The summed E-state index contributed by atoms with van der Waals surface area (Å²) in [5.41, 5.74) is 2.38. The van der Waals surface area contributed by atoms with Gasteiger partial charge in [-0.05, 0) is 37.3 Å². The van der Waals surface area contributed by atoms with Crippen LogP contribution in [0.4, 0.5) is 24.5 Å². The van der Waals surface area contributed by atoms with Crippen molar-refractivity contribution < 1.29 is 27.6 Å². The summed E-state index contributed by atoms with van der Waals surface area (Å²) in [6.45, 7) is 1.90. The van der Waals surface area contributed by atoms with E-state index in [1.807, 2.05) is 24.5 Å². The Balaban J connectivity index is 1.66. The molecule has 3 N–H and O–H groups in total. The summed E-state index contributed by atoms with van der Waals surface area (Å²) in [6.07, 6.45) is -3.82. The maximum absolute atomic E-state index is 13.0. The second-order valence-corrected chi connectivity index (χ2v) is 7.10. The maximum atomic E-state index is 13.0. The van der Waals surface area contributed by atoms with Crippen LogP contribution in [-0.4, -0.2) is 23.9 Å². The van der Waals surface area contributed by atoms with Gasteiger partial charge in [-0.1, -0.05) is 48.0 Å². The molecular formula is C24H19F3N4O3. The topological polar surface area (TPSA) is 99.7 Å². The number of hydrogen-bond acceptors (Lipinski definition) is 4. The molecule has 0 atom stereocenters. The number of nitrogens with zero attached hydrogens (tertiary/aromatic N) is 1. The number of hydrogen-bond donors (Lipinski definition) is 3. The van der Waals surface area contributed by atoms with Crippen LogP contribution >= 0.6 is 0 Å². The van der Waals surface area contributed by atoms with E-state index < -0.39 is 29.5 Å². The van der Waals surface area contributed by atoms with Crippen molar-refractivity contribution in [3.63, 3.8) is 0 Å². The zero-order valence-electron chi connectivity index (χ0n) is 17.8. The molecular weight excluding hydrogens is 449 g/mol. The highest BCUT2D eigenvalue weighted by Gasteiger charge is 2.32. The van der Waals surface area contributed by atoms with Gasteiger partial charge in [-0.2, -0.15) is 18.3 Å². The van der Waals surface area contributed by atoms with E-state index in [0.717, 1.165) is 17.8 Å². The molecule has 0 aromatic heterocycles. The number of carbonyl (C=O) groups is 3. The molecule has 7 nitrogen and oxygen atoms in total. The van der Waals surface area contributed by atoms with Crippen molar-refractivity contribution in [3.05, 3.63) is 95.1 Å². The predicted molar refractivity (Wildman–Crippen MR) is 121 cm³/mol. The first kappa shape index (κ1) is 24.2. The quantitative estimate of drug-likeness (QED) is 0.295. The van der Waals surface area contributed by atoms with Crippen LogP contribution in [0.2, 0.25) is 0 Å². The number of benzene rings is 3. The van der Waals surface area contributed by atoms with Crippen molar-refractivity contribution in [2.45, 2.75) is 13.1 Å². The van der Waals surface area contributed by atoms with Crippen LogP contribution < -0.4 is 16.1 Å². The Labute approximate surface area is 192 Å². The van der Waals surface area contributed by atoms with Crippen molar-refractivity contribution in [1.29, 1.82) is 0 Å². The van der Waals surface area contributed by atoms with Gasteiger partial charge in [-0.15, -0.1) is 0 Å². The first-order chi connectivity index (χ1) is 16.1. The lowest BCUT2D eigenvalue weighted by atomic mass is 10.1. The van der Waals surface area contributed by atoms with E-state index in [1.165, 1.54) is 30.3 Å². The molecule has 0 spiro atoms. The Kier molecular flexibility index (Phi) is 7.42. The standard InChI is InChI=1S/C24H19F3N4O3/c1-15-10-12-17(13-11-15)29-21(32)18-7-3-5-9-20(18)30-22(33)23(34)31-28-14-16-6-2-4-8-19(16)24(25,26)27/h2-14H,1H3,(H,29,32)(H,30,33)(H,31,34)/b28-14+. The van der Waals surface area contributed by atoms with Gasteiger partial charge in [-0.25, -0.2) is 5.43 Å². The van der Waals surface area contributed by atoms with E-state index in [1.54, 1.807) is 24.3 Å². The second kappa shape index (κ2) is 10.4. The molecule has 34 heavy (non-hydrogen) atoms.